The molecule has 1 amide bonds. The fourth-order valence-corrected chi connectivity index (χ4v) is 3.97. The van der Waals surface area contributed by atoms with Gasteiger partial charge in [-0.05, 0) is 44.4 Å². The first kappa shape index (κ1) is 18.4. The van der Waals surface area contributed by atoms with Gasteiger partial charge in [-0.15, -0.1) is 0 Å². The number of nitrogens with one attached hydrogen (secondary N) is 2. The van der Waals surface area contributed by atoms with Crippen LogP contribution in [0.2, 0.25) is 0 Å². The van der Waals surface area contributed by atoms with Gasteiger partial charge in [-0.3, -0.25) is 19.4 Å². The molecule has 0 bridgehead atoms. The summed E-state index contributed by atoms with van der Waals surface area (Å²) in [5.41, 5.74) is 1.08. The van der Waals surface area contributed by atoms with Gasteiger partial charge in [0.2, 0.25) is 0 Å². The van der Waals surface area contributed by atoms with Gasteiger partial charge in [0.05, 0.1) is 10.9 Å². The van der Waals surface area contributed by atoms with Gasteiger partial charge in [0.15, 0.2) is 0 Å². The number of nitrogens with zero attached hydrogens (tertiary/aromatic N) is 3. The number of hydrogen-bond donors (Lipinski definition) is 2. The minimum atomic E-state index is -0.284. The zero-order valence-electron chi connectivity index (χ0n) is 16.2. The molecule has 1 aliphatic carbocycles. The Morgan fingerprint density at radius 1 is 1.36 bits per heavy atom. The fourth-order valence-electron chi connectivity index (χ4n) is 3.97. The third-order valence-electron chi connectivity index (χ3n) is 5.73. The van der Waals surface area contributed by atoms with E-state index in [2.05, 4.69) is 10.3 Å². The number of pyridine rings is 2. The maximum absolute atomic E-state index is 13.1. The van der Waals surface area contributed by atoms with Crippen LogP contribution >= 0.6 is 0 Å². The van der Waals surface area contributed by atoms with Crippen molar-refractivity contribution in [3.05, 3.63) is 51.9 Å². The normalized spacial score (nSPS) is 15.9. The highest BCUT2D eigenvalue weighted by Gasteiger charge is 2.22. The molecule has 1 atom stereocenters. The second-order valence-corrected chi connectivity index (χ2v) is 7.57. The SMILES string of the molecule is CC[C@H](C)n1c(=N)c(C(=O)NC2CCCC2)cc2c(=O)n3ccccc3nc21. The van der Waals surface area contributed by atoms with Crippen molar-refractivity contribution in [3.63, 3.8) is 0 Å². The van der Waals surface area contributed by atoms with Crippen LogP contribution in [0.5, 0.6) is 0 Å². The summed E-state index contributed by atoms with van der Waals surface area (Å²) >= 11 is 0. The van der Waals surface area contributed by atoms with Crippen molar-refractivity contribution in [2.24, 2.45) is 0 Å². The number of aromatic nitrogens is 3. The first-order valence-corrected chi connectivity index (χ1v) is 9.93. The molecule has 2 N–H and O–H groups in total. The molecule has 4 rings (SSSR count). The first-order valence-electron chi connectivity index (χ1n) is 9.93. The summed E-state index contributed by atoms with van der Waals surface area (Å²) in [6.07, 6.45) is 6.58. The van der Waals surface area contributed by atoms with Gasteiger partial charge >= 0.3 is 0 Å². The van der Waals surface area contributed by atoms with Gasteiger partial charge < -0.3 is 9.88 Å². The minimum absolute atomic E-state index is 0.0627. The number of carbonyl (C=O) groups is 1. The lowest BCUT2D eigenvalue weighted by atomic mass is 10.1. The van der Waals surface area contributed by atoms with Gasteiger partial charge in [0.1, 0.15) is 16.8 Å². The van der Waals surface area contributed by atoms with Crippen LogP contribution in [0.4, 0.5) is 0 Å². The topological polar surface area (TPSA) is 92.2 Å². The summed E-state index contributed by atoms with van der Waals surface area (Å²) in [6.45, 7) is 3.99. The van der Waals surface area contributed by atoms with E-state index in [0.717, 1.165) is 32.1 Å². The van der Waals surface area contributed by atoms with Crippen LogP contribution in [-0.2, 0) is 0 Å². The second kappa shape index (κ2) is 7.22. The molecule has 1 aliphatic rings. The van der Waals surface area contributed by atoms with E-state index in [1.165, 1.54) is 10.5 Å². The Balaban J connectivity index is 1.98. The van der Waals surface area contributed by atoms with Gasteiger partial charge in [0, 0.05) is 18.3 Å². The van der Waals surface area contributed by atoms with Crippen LogP contribution in [0.25, 0.3) is 16.7 Å². The Kier molecular flexibility index (Phi) is 4.75. The Morgan fingerprint density at radius 3 is 2.82 bits per heavy atom. The average Bonchev–Trinajstić information content (AvgIpc) is 3.20. The molecule has 1 fully saturated rings. The lowest BCUT2D eigenvalue weighted by Gasteiger charge is -2.20. The number of carbonyl (C=O) groups excluding carboxylic acids is 1. The maximum atomic E-state index is 13.1. The summed E-state index contributed by atoms with van der Waals surface area (Å²) in [6, 6.07) is 6.99. The van der Waals surface area contributed by atoms with Gasteiger partial charge in [0.25, 0.3) is 11.5 Å². The molecule has 146 valence electrons. The van der Waals surface area contributed by atoms with E-state index in [1.807, 2.05) is 19.9 Å². The number of rotatable bonds is 4. The predicted molar refractivity (Wildman–Crippen MR) is 108 cm³/mol. The molecule has 0 unspecified atom stereocenters. The van der Waals surface area contributed by atoms with Crippen molar-refractivity contribution >= 4 is 22.6 Å². The molecule has 3 heterocycles. The highest BCUT2D eigenvalue weighted by molar-refractivity contribution is 5.97. The van der Waals surface area contributed by atoms with Crippen LogP contribution < -0.4 is 16.4 Å². The highest BCUT2D eigenvalue weighted by Crippen LogP contribution is 2.19. The predicted octanol–water partition coefficient (Wildman–Crippen LogP) is 2.77. The number of fused-ring (bicyclic) bond motifs is 2. The zero-order valence-corrected chi connectivity index (χ0v) is 16.2. The summed E-state index contributed by atoms with van der Waals surface area (Å²) in [5.74, 6) is -0.284. The summed E-state index contributed by atoms with van der Waals surface area (Å²) < 4.78 is 3.19. The van der Waals surface area contributed by atoms with Gasteiger partial charge in [-0.25, -0.2) is 4.98 Å². The van der Waals surface area contributed by atoms with E-state index >= 15 is 0 Å². The lowest BCUT2D eigenvalue weighted by Crippen LogP contribution is -2.39. The summed E-state index contributed by atoms with van der Waals surface area (Å²) in [4.78, 5) is 30.7. The van der Waals surface area contributed by atoms with Crippen LogP contribution in [0.1, 0.15) is 62.4 Å². The Bertz CT molecular complexity index is 1170. The lowest BCUT2D eigenvalue weighted by molar-refractivity contribution is 0.0935. The molecule has 7 nitrogen and oxygen atoms in total. The number of amides is 1. The van der Waals surface area contributed by atoms with Crippen molar-refractivity contribution in [1.29, 1.82) is 5.41 Å². The molecule has 3 aromatic heterocycles. The Morgan fingerprint density at radius 2 is 2.11 bits per heavy atom. The molecule has 3 aromatic rings. The van der Waals surface area contributed by atoms with E-state index in [-0.39, 0.29) is 34.6 Å². The van der Waals surface area contributed by atoms with Crippen molar-refractivity contribution in [3.8, 4) is 0 Å². The van der Waals surface area contributed by atoms with E-state index < -0.39 is 0 Å². The van der Waals surface area contributed by atoms with E-state index in [4.69, 9.17) is 5.41 Å². The molecule has 0 aromatic carbocycles. The smallest absolute Gasteiger partial charge is 0.267 e. The molecular weight excluding hydrogens is 354 g/mol. The van der Waals surface area contributed by atoms with E-state index in [1.54, 1.807) is 22.9 Å². The molecule has 28 heavy (non-hydrogen) atoms. The Labute approximate surface area is 162 Å². The molecule has 1 saturated carbocycles. The molecule has 0 radical (unpaired) electrons. The highest BCUT2D eigenvalue weighted by atomic mass is 16.2. The summed E-state index contributed by atoms with van der Waals surface area (Å²) in [5, 5.41) is 12.1. The quantitative estimate of drug-likeness (QED) is 0.683. The largest absolute Gasteiger partial charge is 0.349 e. The first-order chi connectivity index (χ1) is 13.5. The van der Waals surface area contributed by atoms with Crippen molar-refractivity contribution < 1.29 is 4.79 Å². The van der Waals surface area contributed by atoms with Crippen molar-refractivity contribution in [1.82, 2.24) is 19.3 Å². The standard InChI is InChI=1S/C21H25N5O2/c1-3-13(2)26-18(22)15(20(27)23-14-8-4-5-9-14)12-16-19(26)24-17-10-6-7-11-25(17)21(16)28/h6-7,10-14,22H,3-5,8-9H2,1-2H3,(H,23,27)/t13-/m0/s1. The van der Waals surface area contributed by atoms with E-state index in [9.17, 15) is 9.59 Å². The third-order valence-corrected chi connectivity index (χ3v) is 5.73. The van der Waals surface area contributed by atoms with Crippen molar-refractivity contribution in [2.75, 3.05) is 0 Å². The second-order valence-electron chi connectivity index (χ2n) is 7.57. The number of hydrogen-bond acceptors (Lipinski definition) is 4. The zero-order chi connectivity index (χ0) is 19.8. The van der Waals surface area contributed by atoms with Crippen LogP contribution in [0.3, 0.4) is 0 Å². The van der Waals surface area contributed by atoms with Gasteiger partial charge in [-0.1, -0.05) is 25.8 Å². The minimum Gasteiger partial charge on any atom is -0.349 e. The fraction of sp³-hybridized carbons (Fsp3) is 0.429. The monoisotopic (exact) mass is 379 g/mol. The average molecular weight is 379 g/mol. The van der Waals surface area contributed by atoms with Crippen LogP contribution in [0.15, 0.2) is 35.3 Å². The molecular formula is C21H25N5O2. The van der Waals surface area contributed by atoms with Crippen LogP contribution in [0, 0.1) is 5.41 Å². The van der Waals surface area contributed by atoms with Gasteiger partial charge in [-0.2, -0.15) is 0 Å². The molecule has 7 heteroatoms. The van der Waals surface area contributed by atoms with Crippen molar-refractivity contribution in [2.45, 2.75) is 58.0 Å². The molecule has 0 spiro atoms. The van der Waals surface area contributed by atoms with Crippen LogP contribution in [-0.4, -0.2) is 25.9 Å². The molecule has 0 saturated heterocycles. The third kappa shape index (κ3) is 3.00. The van der Waals surface area contributed by atoms with E-state index in [0.29, 0.717) is 16.7 Å². The molecule has 0 aliphatic heterocycles. The maximum Gasteiger partial charge on any atom is 0.267 e. The summed E-state index contributed by atoms with van der Waals surface area (Å²) in [7, 11) is 0. The Hall–Kier alpha value is -2.96.